The van der Waals surface area contributed by atoms with Crippen LogP contribution in [0.1, 0.15) is 19.3 Å². The van der Waals surface area contributed by atoms with E-state index in [9.17, 15) is 22.8 Å². The van der Waals surface area contributed by atoms with E-state index >= 15 is 0 Å². The Morgan fingerprint density at radius 3 is 2.38 bits per heavy atom. The predicted molar refractivity (Wildman–Crippen MR) is 38.0 cm³/mol. The Morgan fingerprint density at radius 2 is 1.92 bits per heavy atom. The highest BCUT2D eigenvalue weighted by atomic mass is 19.4. The third-order valence-electron chi connectivity index (χ3n) is 2.36. The molecule has 1 aliphatic rings. The summed E-state index contributed by atoms with van der Waals surface area (Å²) in [5, 5.41) is 0. The number of alkyl halides is 3. The highest BCUT2D eigenvalue weighted by Crippen LogP contribution is 2.35. The molecule has 0 bridgehead atoms. The average molecular weight is 194 g/mol. The van der Waals surface area contributed by atoms with Crippen LogP contribution in [0.2, 0.25) is 0 Å². The SMILES string of the molecule is O=CC1CCCC1C(=O)C(F)(F)F. The van der Waals surface area contributed by atoms with Gasteiger partial charge in [-0.3, -0.25) is 4.79 Å². The Labute approximate surface area is 73.1 Å². The van der Waals surface area contributed by atoms with Crippen molar-refractivity contribution >= 4 is 12.1 Å². The first-order chi connectivity index (χ1) is 5.96. The van der Waals surface area contributed by atoms with Crippen LogP contribution in [-0.4, -0.2) is 18.2 Å². The van der Waals surface area contributed by atoms with Gasteiger partial charge in [0, 0.05) is 11.8 Å². The zero-order valence-electron chi connectivity index (χ0n) is 6.80. The van der Waals surface area contributed by atoms with Crippen molar-refractivity contribution in [1.29, 1.82) is 0 Å². The summed E-state index contributed by atoms with van der Waals surface area (Å²) >= 11 is 0. The van der Waals surface area contributed by atoms with Gasteiger partial charge in [-0.1, -0.05) is 6.42 Å². The highest BCUT2D eigenvalue weighted by Gasteiger charge is 2.47. The molecule has 2 nitrogen and oxygen atoms in total. The smallest absolute Gasteiger partial charge is 0.303 e. The van der Waals surface area contributed by atoms with Crippen molar-refractivity contribution in [3.05, 3.63) is 0 Å². The summed E-state index contributed by atoms with van der Waals surface area (Å²) < 4.78 is 35.8. The molecule has 2 unspecified atom stereocenters. The van der Waals surface area contributed by atoms with E-state index < -0.39 is 23.8 Å². The minimum Gasteiger partial charge on any atom is -0.303 e. The molecule has 5 heteroatoms. The van der Waals surface area contributed by atoms with Gasteiger partial charge in [-0.05, 0) is 12.8 Å². The molecule has 0 aliphatic heterocycles. The van der Waals surface area contributed by atoms with Crippen molar-refractivity contribution in [2.75, 3.05) is 0 Å². The van der Waals surface area contributed by atoms with Crippen LogP contribution < -0.4 is 0 Å². The van der Waals surface area contributed by atoms with Crippen LogP contribution in [0.25, 0.3) is 0 Å². The van der Waals surface area contributed by atoms with E-state index in [4.69, 9.17) is 0 Å². The number of halogens is 3. The maximum atomic E-state index is 11.9. The van der Waals surface area contributed by atoms with Crippen LogP contribution in [0.15, 0.2) is 0 Å². The first kappa shape index (κ1) is 10.2. The van der Waals surface area contributed by atoms with Gasteiger partial charge in [0.1, 0.15) is 6.29 Å². The molecule has 0 spiro atoms. The number of carbonyl (C=O) groups is 2. The molecule has 74 valence electrons. The van der Waals surface area contributed by atoms with Crippen LogP contribution in [0.4, 0.5) is 13.2 Å². The van der Waals surface area contributed by atoms with Crippen molar-refractivity contribution in [3.8, 4) is 0 Å². The van der Waals surface area contributed by atoms with Gasteiger partial charge in [-0.15, -0.1) is 0 Å². The lowest BCUT2D eigenvalue weighted by Crippen LogP contribution is -2.32. The highest BCUT2D eigenvalue weighted by molar-refractivity contribution is 5.88. The quantitative estimate of drug-likeness (QED) is 0.627. The predicted octanol–water partition coefficient (Wildman–Crippen LogP) is 1.73. The lowest BCUT2D eigenvalue weighted by Gasteiger charge is -2.14. The van der Waals surface area contributed by atoms with Crippen LogP contribution in [0.5, 0.6) is 0 Å². The largest absolute Gasteiger partial charge is 0.450 e. The normalized spacial score (nSPS) is 28.8. The number of carbonyl (C=O) groups excluding carboxylic acids is 2. The molecule has 0 aromatic carbocycles. The number of ketones is 1. The topological polar surface area (TPSA) is 34.1 Å². The third-order valence-corrected chi connectivity index (χ3v) is 2.36. The summed E-state index contributed by atoms with van der Waals surface area (Å²) in [6.07, 6.45) is -3.23. The Hall–Kier alpha value is -0.870. The zero-order valence-corrected chi connectivity index (χ0v) is 6.80. The van der Waals surface area contributed by atoms with Crippen molar-refractivity contribution in [2.45, 2.75) is 25.4 Å². The van der Waals surface area contributed by atoms with Gasteiger partial charge < -0.3 is 4.79 Å². The van der Waals surface area contributed by atoms with Gasteiger partial charge in [0.25, 0.3) is 0 Å². The second kappa shape index (κ2) is 3.47. The molecule has 2 atom stereocenters. The average Bonchev–Trinajstić information content (AvgIpc) is 2.48. The van der Waals surface area contributed by atoms with Crippen LogP contribution in [-0.2, 0) is 9.59 Å². The summed E-state index contributed by atoms with van der Waals surface area (Å²) in [5.74, 6) is -3.60. The third kappa shape index (κ3) is 2.08. The molecule has 0 aromatic rings. The number of hydrogen-bond acceptors (Lipinski definition) is 2. The second-order valence-electron chi connectivity index (χ2n) is 3.20. The van der Waals surface area contributed by atoms with Gasteiger partial charge in [-0.25, -0.2) is 0 Å². The number of aldehydes is 1. The van der Waals surface area contributed by atoms with E-state index in [1.54, 1.807) is 0 Å². The molecule has 13 heavy (non-hydrogen) atoms. The fourth-order valence-corrected chi connectivity index (χ4v) is 1.69. The monoisotopic (exact) mass is 194 g/mol. The maximum absolute atomic E-state index is 11.9. The van der Waals surface area contributed by atoms with E-state index in [0.717, 1.165) is 0 Å². The summed E-state index contributed by atoms with van der Waals surface area (Å²) in [6, 6.07) is 0. The number of rotatable bonds is 2. The molecule has 1 fully saturated rings. The van der Waals surface area contributed by atoms with Gasteiger partial charge in [-0.2, -0.15) is 13.2 Å². The molecule has 0 aromatic heterocycles. The van der Waals surface area contributed by atoms with E-state index in [-0.39, 0.29) is 6.42 Å². The second-order valence-corrected chi connectivity index (χ2v) is 3.20. The van der Waals surface area contributed by atoms with Crippen molar-refractivity contribution < 1.29 is 22.8 Å². The van der Waals surface area contributed by atoms with Gasteiger partial charge in [0.15, 0.2) is 0 Å². The molecular weight excluding hydrogens is 185 g/mol. The minimum absolute atomic E-state index is 0.182. The van der Waals surface area contributed by atoms with Crippen molar-refractivity contribution in [1.82, 2.24) is 0 Å². The van der Waals surface area contributed by atoms with Gasteiger partial charge in [0.2, 0.25) is 5.78 Å². The first-order valence-electron chi connectivity index (χ1n) is 4.03. The van der Waals surface area contributed by atoms with Crippen LogP contribution in [0, 0.1) is 11.8 Å². The summed E-state index contributed by atoms with van der Waals surface area (Å²) in [5.41, 5.74) is 0. The van der Waals surface area contributed by atoms with E-state index in [0.29, 0.717) is 19.1 Å². The molecule has 0 radical (unpaired) electrons. The maximum Gasteiger partial charge on any atom is 0.450 e. The Kier molecular flexibility index (Phi) is 2.73. The van der Waals surface area contributed by atoms with E-state index in [1.807, 2.05) is 0 Å². The molecule has 0 N–H and O–H groups in total. The van der Waals surface area contributed by atoms with E-state index in [1.165, 1.54) is 0 Å². The van der Waals surface area contributed by atoms with Crippen LogP contribution in [0.3, 0.4) is 0 Å². The Bertz CT molecular complexity index is 222. The molecule has 1 saturated carbocycles. The molecule has 0 saturated heterocycles. The standard InChI is InChI=1S/C8H9F3O2/c9-8(10,11)7(13)6-3-1-2-5(6)4-12/h4-6H,1-3H2. The molecule has 1 rings (SSSR count). The Morgan fingerprint density at radius 1 is 1.31 bits per heavy atom. The summed E-state index contributed by atoms with van der Waals surface area (Å²) in [7, 11) is 0. The number of hydrogen-bond donors (Lipinski definition) is 0. The van der Waals surface area contributed by atoms with Crippen molar-refractivity contribution in [2.24, 2.45) is 11.8 Å². The molecule has 0 amide bonds. The molecular formula is C8H9F3O2. The molecule has 0 heterocycles. The fraction of sp³-hybridized carbons (Fsp3) is 0.750. The van der Waals surface area contributed by atoms with Gasteiger partial charge >= 0.3 is 6.18 Å². The van der Waals surface area contributed by atoms with Crippen molar-refractivity contribution in [3.63, 3.8) is 0 Å². The summed E-state index contributed by atoms with van der Waals surface area (Å²) in [6.45, 7) is 0. The minimum atomic E-state index is -4.80. The fourth-order valence-electron chi connectivity index (χ4n) is 1.69. The Balaban J connectivity index is 2.71. The van der Waals surface area contributed by atoms with E-state index in [2.05, 4.69) is 0 Å². The number of Topliss-reactive ketones (excluding diaryl/α,β-unsaturated/α-hetero) is 1. The lowest BCUT2D eigenvalue weighted by atomic mass is 9.93. The van der Waals surface area contributed by atoms with Crippen LogP contribution >= 0.6 is 0 Å². The van der Waals surface area contributed by atoms with Gasteiger partial charge in [0.05, 0.1) is 0 Å². The zero-order chi connectivity index (χ0) is 10.1. The first-order valence-corrected chi connectivity index (χ1v) is 4.03. The molecule has 1 aliphatic carbocycles. The lowest BCUT2D eigenvalue weighted by molar-refractivity contribution is -0.176. The summed E-state index contributed by atoms with van der Waals surface area (Å²) in [4.78, 5) is 21.1.